The molecule has 0 bridgehead atoms. The van der Waals surface area contributed by atoms with E-state index in [4.69, 9.17) is 0 Å². The molecule has 0 unspecified atom stereocenters. The number of hydrogen-bond acceptors (Lipinski definition) is 3. The number of sulfonamides is 1. The van der Waals surface area contributed by atoms with Gasteiger partial charge in [-0.1, -0.05) is 20.8 Å². The summed E-state index contributed by atoms with van der Waals surface area (Å²) < 4.78 is 27.1. The van der Waals surface area contributed by atoms with E-state index in [-0.39, 0.29) is 11.3 Å². The van der Waals surface area contributed by atoms with Crippen molar-refractivity contribution in [3.05, 3.63) is 0 Å². The summed E-state index contributed by atoms with van der Waals surface area (Å²) in [6.07, 6.45) is 6.79. The van der Waals surface area contributed by atoms with Crippen molar-refractivity contribution in [2.75, 3.05) is 12.3 Å². The van der Waals surface area contributed by atoms with Crippen LogP contribution in [0.5, 0.6) is 0 Å². The molecule has 1 saturated carbocycles. The third-order valence-corrected chi connectivity index (χ3v) is 5.82. The third-order valence-electron chi connectivity index (χ3n) is 4.25. The highest BCUT2D eigenvalue weighted by Gasteiger charge is 2.29. The minimum Gasteiger partial charge on any atom is -0.314 e. The molecule has 0 radical (unpaired) electrons. The van der Waals surface area contributed by atoms with E-state index in [9.17, 15) is 8.42 Å². The Labute approximate surface area is 118 Å². The lowest BCUT2D eigenvalue weighted by molar-refractivity contribution is 0.341. The van der Waals surface area contributed by atoms with Crippen molar-refractivity contribution in [1.82, 2.24) is 10.0 Å². The first-order valence-corrected chi connectivity index (χ1v) is 9.37. The van der Waals surface area contributed by atoms with Crippen LogP contribution < -0.4 is 10.0 Å². The zero-order valence-electron chi connectivity index (χ0n) is 12.7. The van der Waals surface area contributed by atoms with Crippen molar-refractivity contribution >= 4 is 10.0 Å². The molecule has 1 rings (SSSR count). The van der Waals surface area contributed by atoms with Crippen LogP contribution in [0.25, 0.3) is 0 Å². The summed E-state index contributed by atoms with van der Waals surface area (Å²) in [6.45, 7) is 7.10. The van der Waals surface area contributed by atoms with E-state index in [0.717, 1.165) is 38.6 Å². The van der Waals surface area contributed by atoms with Crippen LogP contribution in [0.4, 0.5) is 0 Å². The maximum atomic E-state index is 12.1. The van der Waals surface area contributed by atoms with Gasteiger partial charge in [0.2, 0.25) is 10.0 Å². The van der Waals surface area contributed by atoms with Crippen molar-refractivity contribution in [2.45, 2.75) is 77.3 Å². The van der Waals surface area contributed by atoms with Gasteiger partial charge < -0.3 is 5.32 Å². The van der Waals surface area contributed by atoms with E-state index >= 15 is 0 Å². The Balaban J connectivity index is 2.28. The van der Waals surface area contributed by atoms with Crippen LogP contribution >= 0.6 is 0 Å². The minimum absolute atomic E-state index is 0.245. The smallest absolute Gasteiger partial charge is 0.212 e. The fourth-order valence-electron chi connectivity index (χ4n) is 2.36. The fourth-order valence-corrected chi connectivity index (χ4v) is 4.14. The van der Waals surface area contributed by atoms with Gasteiger partial charge in [-0.15, -0.1) is 0 Å². The van der Waals surface area contributed by atoms with Gasteiger partial charge in [-0.05, 0) is 51.5 Å². The summed E-state index contributed by atoms with van der Waals surface area (Å²) in [5.74, 6) is 0.251. The second-order valence-electron chi connectivity index (χ2n) is 5.70. The summed E-state index contributed by atoms with van der Waals surface area (Å²) in [6, 6.07) is 0.711. The summed E-state index contributed by atoms with van der Waals surface area (Å²) in [7, 11) is -3.14. The molecule has 0 saturated heterocycles. The van der Waals surface area contributed by atoms with Crippen LogP contribution in [0.15, 0.2) is 0 Å². The molecule has 4 nitrogen and oxygen atoms in total. The van der Waals surface area contributed by atoms with Crippen molar-refractivity contribution in [3.8, 4) is 0 Å². The first kappa shape index (κ1) is 16.9. The van der Waals surface area contributed by atoms with E-state index in [2.05, 4.69) is 30.8 Å². The van der Waals surface area contributed by atoms with Gasteiger partial charge in [-0.2, -0.15) is 0 Å². The van der Waals surface area contributed by atoms with Gasteiger partial charge in [-0.25, -0.2) is 13.1 Å². The Hall–Kier alpha value is -0.130. The Morgan fingerprint density at radius 2 is 1.63 bits per heavy atom. The molecule has 5 heteroatoms. The molecule has 0 aromatic rings. The van der Waals surface area contributed by atoms with E-state index in [1.807, 2.05) is 0 Å². The van der Waals surface area contributed by atoms with Gasteiger partial charge in [0, 0.05) is 11.6 Å². The molecule has 114 valence electrons. The first-order valence-electron chi connectivity index (χ1n) is 7.72. The molecule has 1 aliphatic carbocycles. The third kappa shape index (κ3) is 6.23. The Bertz CT molecular complexity index is 338. The van der Waals surface area contributed by atoms with E-state index < -0.39 is 10.0 Å². The lowest BCUT2D eigenvalue weighted by Gasteiger charge is -2.31. The van der Waals surface area contributed by atoms with E-state index in [1.165, 1.54) is 12.8 Å². The molecule has 0 aromatic heterocycles. The van der Waals surface area contributed by atoms with Crippen molar-refractivity contribution < 1.29 is 8.42 Å². The first-order chi connectivity index (χ1) is 8.97. The number of nitrogens with one attached hydrogen (secondary N) is 2. The zero-order chi connectivity index (χ0) is 14.4. The topological polar surface area (TPSA) is 58.2 Å². The number of unbranched alkanes of at least 4 members (excludes halogenated alkanes) is 1. The van der Waals surface area contributed by atoms with Gasteiger partial charge >= 0.3 is 0 Å². The van der Waals surface area contributed by atoms with Crippen molar-refractivity contribution in [2.24, 2.45) is 0 Å². The van der Waals surface area contributed by atoms with Crippen LogP contribution in [-0.4, -0.2) is 32.3 Å². The van der Waals surface area contributed by atoms with Gasteiger partial charge in [0.1, 0.15) is 0 Å². The average Bonchev–Trinajstić information content (AvgIpc) is 3.20. The largest absolute Gasteiger partial charge is 0.314 e. The Morgan fingerprint density at radius 1 is 1.05 bits per heavy atom. The molecule has 0 amide bonds. The molecule has 0 aromatic carbocycles. The van der Waals surface area contributed by atoms with Crippen LogP contribution in [0.2, 0.25) is 0 Å². The maximum absolute atomic E-state index is 12.1. The highest BCUT2D eigenvalue weighted by Crippen LogP contribution is 2.21. The SMILES string of the molecule is CCC(CC)(CC)NS(=O)(=O)CCCCNC1CC1. The predicted molar refractivity (Wildman–Crippen MR) is 80.8 cm³/mol. The fraction of sp³-hybridized carbons (Fsp3) is 1.00. The lowest BCUT2D eigenvalue weighted by Crippen LogP contribution is -2.47. The van der Waals surface area contributed by atoms with Crippen LogP contribution in [0.1, 0.15) is 65.7 Å². The van der Waals surface area contributed by atoms with Gasteiger partial charge in [0.15, 0.2) is 0 Å². The molecular weight excluding hydrogens is 260 g/mol. The zero-order valence-corrected chi connectivity index (χ0v) is 13.5. The molecule has 19 heavy (non-hydrogen) atoms. The lowest BCUT2D eigenvalue weighted by atomic mass is 9.91. The van der Waals surface area contributed by atoms with Crippen LogP contribution in [0.3, 0.4) is 0 Å². The van der Waals surface area contributed by atoms with Gasteiger partial charge in [-0.3, -0.25) is 0 Å². The normalized spacial score (nSPS) is 16.8. The standard InChI is InChI=1S/C14H30N2O2S/c1-4-14(5-2,6-3)16-19(17,18)12-8-7-11-15-13-9-10-13/h13,15-16H,4-12H2,1-3H3. The molecule has 0 aliphatic heterocycles. The molecule has 0 heterocycles. The average molecular weight is 290 g/mol. The van der Waals surface area contributed by atoms with Crippen molar-refractivity contribution in [1.29, 1.82) is 0 Å². The van der Waals surface area contributed by atoms with Gasteiger partial charge in [0.05, 0.1) is 5.75 Å². The molecule has 1 aliphatic rings. The molecular formula is C14H30N2O2S. The number of hydrogen-bond donors (Lipinski definition) is 2. The minimum atomic E-state index is -3.14. The Morgan fingerprint density at radius 3 is 2.11 bits per heavy atom. The molecule has 0 atom stereocenters. The highest BCUT2D eigenvalue weighted by atomic mass is 32.2. The quantitative estimate of drug-likeness (QED) is 0.575. The highest BCUT2D eigenvalue weighted by molar-refractivity contribution is 7.89. The predicted octanol–water partition coefficient (Wildman–Crippen LogP) is 2.41. The van der Waals surface area contributed by atoms with Crippen LogP contribution in [-0.2, 0) is 10.0 Å². The van der Waals surface area contributed by atoms with E-state index in [0.29, 0.717) is 6.04 Å². The molecule has 1 fully saturated rings. The van der Waals surface area contributed by atoms with Crippen molar-refractivity contribution in [3.63, 3.8) is 0 Å². The molecule has 0 spiro atoms. The second kappa shape index (κ2) is 7.60. The summed E-state index contributed by atoms with van der Waals surface area (Å²) >= 11 is 0. The maximum Gasteiger partial charge on any atom is 0.212 e. The monoisotopic (exact) mass is 290 g/mol. The summed E-state index contributed by atoms with van der Waals surface area (Å²) in [5, 5.41) is 3.41. The second-order valence-corrected chi connectivity index (χ2v) is 7.54. The summed E-state index contributed by atoms with van der Waals surface area (Å²) in [5.41, 5.74) is -0.245. The van der Waals surface area contributed by atoms with E-state index in [1.54, 1.807) is 0 Å². The summed E-state index contributed by atoms with van der Waals surface area (Å²) in [4.78, 5) is 0. The Kier molecular flexibility index (Phi) is 6.77. The van der Waals surface area contributed by atoms with Gasteiger partial charge in [0.25, 0.3) is 0 Å². The van der Waals surface area contributed by atoms with Crippen LogP contribution in [0, 0.1) is 0 Å². The molecule has 2 N–H and O–H groups in total. The number of rotatable bonds is 11.